The van der Waals surface area contributed by atoms with Crippen LogP contribution in [0.5, 0.6) is 0 Å². The summed E-state index contributed by atoms with van der Waals surface area (Å²) in [5.41, 5.74) is 3.67. The Labute approximate surface area is 196 Å². The summed E-state index contributed by atoms with van der Waals surface area (Å²) in [6.07, 6.45) is 0. The molecule has 3 aromatic carbocycles. The van der Waals surface area contributed by atoms with Crippen molar-refractivity contribution in [2.75, 3.05) is 31.1 Å². The number of hydrogen-bond acceptors (Lipinski definition) is 3. The molecule has 5 rings (SSSR count). The Morgan fingerprint density at radius 3 is 2.21 bits per heavy atom. The molecule has 1 fully saturated rings. The molecule has 1 amide bonds. The number of piperazine rings is 1. The highest BCUT2D eigenvalue weighted by molar-refractivity contribution is 6.33. The van der Waals surface area contributed by atoms with Crippen LogP contribution in [0.4, 0.5) is 10.1 Å². The quantitative estimate of drug-likeness (QED) is 0.415. The maximum Gasteiger partial charge on any atom is 0.272 e. The highest BCUT2D eigenvalue weighted by Crippen LogP contribution is 2.27. The topological polar surface area (TPSA) is 41.4 Å². The van der Waals surface area contributed by atoms with Gasteiger partial charge in [0.15, 0.2) is 0 Å². The summed E-state index contributed by atoms with van der Waals surface area (Å²) in [6.45, 7) is 2.51. The molecule has 1 aliphatic rings. The van der Waals surface area contributed by atoms with E-state index in [0.717, 1.165) is 11.3 Å². The largest absolute Gasteiger partial charge is 0.367 e. The van der Waals surface area contributed by atoms with Gasteiger partial charge in [-0.25, -0.2) is 9.07 Å². The first-order valence-electron chi connectivity index (χ1n) is 10.8. The van der Waals surface area contributed by atoms with E-state index >= 15 is 0 Å². The first-order valence-corrected chi connectivity index (χ1v) is 11.2. The number of amides is 1. The van der Waals surface area contributed by atoms with Gasteiger partial charge in [-0.1, -0.05) is 54.1 Å². The Balaban J connectivity index is 1.43. The highest BCUT2D eigenvalue weighted by atomic mass is 35.5. The Kier molecular flexibility index (Phi) is 5.84. The predicted molar refractivity (Wildman–Crippen MR) is 129 cm³/mol. The van der Waals surface area contributed by atoms with Gasteiger partial charge in [0.2, 0.25) is 0 Å². The number of halogens is 2. The molecule has 0 N–H and O–H groups in total. The lowest BCUT2D eigenvalue weighted by atomic mass is 10.1. The molecule has 1 aliphatic heterocycles. The van der Waals surface area contributed by atoms with Crippen molar-refractivity contribution in [2.24, 2.45) is 0 Å². The highest BCUT2D eigenvalue weighted by Gasteiger charge is 2.27. The van der Waals surface area contributed by atoms with Crippen molar-refractivity contribution in [1.82, 2.24) is 14.7 Å². The van der Waals surface area contributed by atoms with Gasteiger partial charge < -0.3 is 9.80 Å². The molecule has 0 spiro atoms. The Hall–Kier alpha value is -3.64. The third-order valence-corrected chi connectivity index (χ3v) is 6.15. The number of carbonyl (C=O) groups is 1. The Morgan fingerprint density at radius 1 is 0.848 bits per heavy atom. The van der Waals surface area contributed by atoms with Crippen molar-refractivity contribution in [2.45, 2.75) is 0 Å². The van der Waals surface area contributed by atoms with Crippen LogP contribution in [0, 0.1) is 5.82 Å². The van der Waals surface area contributed by atoms with Crippen LogP contribution < -0.4 is 4.90 Å². The molecule has 7 heteroatoms. The molecule has 0 radical (unpaired) electrons. The zero-order valence-electron chi connectivity index (χ0n) is 17.9. The number of anilines is 1. The van der Waals surface area contributed by atoms with Crippen LogP contribution in [0.25, 0.3) is 16.9 Å². The van der Waals surface area contributed by atoms with Gasteiger partial charge in [0, 0.05) is 31.7 Å². The normalized spacial score (nSPS) is 13.9. The summed E-state index contributed by atoms with van der Waals surface area (Å²) in [7, 11) is 0. The molecule has 1 saturated heterocycles. The molecule has 0 saturated carbocycles. The van der Waals surface area contributed by atoms with Gasteiger partial charge in [-0.2, -0.15) is 5.10 Å². The lowest BCUT2D eigenvalue weighted by Crippen LogP contribution is -2.49. The van der Waals surface area contributed by atoms with Crippen molar-refractivity contribution in [3.8, 4) is 16.9 Å². The van der Waals surface area contributed by atoms with Crippen LogP contribution in [0.15, 0.2) is 84.9 Å². The summed E-state index contributed by atoms with van der Waals surface area (Å²) in [4.78, 5) is 17.6. The number of para-hydroxylation sites is 1. The van der Waals surface area contributed by atoms with Crippen LogP contribution >= 0.6 is 11.6 Å². The van der Waals surface area contributed by atoms with Crippen LogP contribution in [0.2, 0.25) is 5.02 Å². The number of carbonyl (C=O) groups excluding carboxylic acids is 1. The van der Waals surface area contributed by atoms with Crippen molar-refractivity contribution in [3.05, 3.63) is 101 Å². The molecule has 0 unspecified atom stereocenters. The van der Waals surface area contributed by atoms with E-state index in [1.165, 1.54) is 12.1 Å². The minimum atomic E-state index is -0.335. The molecule has 0 aliphatic carbocycles. The fraction of sp³-hybridized carbons (Fsp3) is 0.154. The van der Waals surface area contributed by atoms with Gasteiger partial charge in [-0.3, -0.25) is 4.79 Å². The van der Waals surface area contributed by atoms with Crippen molar-refractivity contribution < 1.29 is 9.18 Å². The molecular weight excluding hydrogens is 439 g/mol. The average Bonchev–Trinajstić information content (AvgIpc) is 3.31. The zero-order chi connectivity index (χ0) is 22.8. The molecular formula is C26H22ClFN4O. The van der Waals surface area contributed by atoms with E-state index in [1.807, 2.05) is 65.6 Å². The first-order chi connectivity index (χ1) is 16.1. The molecule has 1 aromatic heterocycles. The lowest BCUT2D eigenvalue weighted by molar-refractivity contribution is 0.0737. The van der Waals surface area contributed by atoms with Crippen LogP contribution in [-0.4, -0.2) is 46.8 Å². The standard InChI is InChI=1S/C26H22ClFN4O/c27-22-8-4-5-9-24(22)30-14-16-31(17-15-30)26(33)25-18-23(19-6-2-1-3-7-19)29-32(25)21-12-10-20(28)11-13-21/h1-13,18H,14-17H2. The second-order valence-corrected chi connectivity index (χ2v) is 8.31. The van der Waals surface area contributed by atoms with Gasteiger partial charge in [0.05, 0.1) is 22.1 Å². The second-order valence-electron chi connectivity index (χ2n) is 7.90. The second kappa shape index (κ2) is 9.08. The zero-order valence-corrected chi connectivity index (χ0v) is 18.6. The van der Waals surface area contributed by atoms with E-state index in [4.69, 9.17) is 11.6 Å². The van der Waals surface area contributed by atoms with E-state index in [9.17, 15) is 9.18 Å². The minimum Gasteiger partial charge on any atom is -0.367 e. The molecule has 166 valence electrons. The van der Waals surface area contributed by atoms with Crippen LogP contribution in [0.3, 0.4) is 0 Å². The maximum absolute atomic E-state index is 13.6. The average molecular weight is 461 g/mol. The van der Waals surface area contributed by atoms with E-state index in [0.29, 0.717) is 48.3 Å². The number of rotatable bonds is 4. The van der Waals surface area contributed by atoms with Crippen LogP contribution in [0.1, 0.15) is 10.5 Å². The van der Waals surface area contributed by atoms with E-state index in [-0.39, 0.29) is 11.7 Å². The van der Waals surface area contributed by atoms with Gasteiger partial charge in [-0.05, 0) is 42.5 Å². The van der Waals surface area contributed by atoms with Gasteiger partial charge in [0.25, 0.3) is 5.91 Å². The molecule has 5 nitrogen and oxygen atoms in total. The number of nitrogens with zero attached hydrogens (tertiary/aromatic N) is 4. The van der Waals surface area contributed by atoms with E-state index < -0.39 is 0 Å². The molecule has 2 heterocycles. The van der Waals surface area contributed by atoms with E-state index in [2.05, 4.69) is 10.00 Å². The molecule has 0 bridgehead atoms. The van der Waals surface area contributed by atoms with Crippen molar-refractivity contribution in [3.63, 3.8) is 0 Å². The SMILES string of the molecule is O=C(c1cc(-c2ccccc2)nn1-c1ccc(F)cc1)N1CCN(c2ccccc2Cl)CC1. The van der Waals surface area contributed by atoms with Gasteiger partial charge >= 0.3 is 0 Å². The summed E-state index contributed by atoms with van der Waals surface area (Å²) in [6, 6.07) is 25.3. The maximum atomic E-state index is 13.6. The third-order valence-electron chi connectivity index (χ3n) is 5.83. The van der Waals surface area contributed by atoms with Gasteiger partial charge in [0.1, 0.15) is 11.5 Å². The van der Waals surface area contributed by atoms with E-state index in [1.54, 1.807) is 16.8 Å². The fourth-order valence-electron chi connectivity index (χ4n) is 4.08. The molecule has 4 aromatic rings. The smallest absolute Gasteiger partial charge is 0.272 e. The fourth-order valence-corrected chi connectivity index (χ4v) is 4.34. The summed E-state index contributed by atoms with van der Waals surface area (Å²) in [5.74, 6) is -0.439. The molecule has 33 heavy (non-hydrogen) atoms. The number of hydrogen-bond donors (Lipinski definition) is 0. The summed E-state index contributed by atoms with van der Waals surface area (Å²) in [5, 5.41) is 5.40. The van der Waals surface area contributed by atoms with Crippen molar-refractivity contribution >= 4 is 23.2 Å². The predicted octanol–water partition coefficient (Wildman–Crippen LogP) is 5.29. The monoisotopic (exact) mass is 460 g/mol. The minimum absolute atomic E-state index is 0.104. The summed E-state index contributed by atoms with van der Waals surface area (Å²) < 4.78 is 15.1. The Bertz CT molecular complexity index is 1270. The number of benzene rings is 3. The Morgan fingerprint density at radius 2 is 1.52 bits per heavy atom. The molecule has 0 atom stereocenters. The van der Waals surface area contributed by atoms with Crippen molar-refractivity contribution in [1.29, 1.82) is 0 Å². The first kappa shape index (κ1) is 21.2. The van der Waals surface area contributed by atoms with Crippen LogP contribution in [-0.2, 0) is 0 Å². The lowest BCUT2D eigenvalue weighted by Gasteiger charge is -2.36. The summed E-state index contributed by atoms with van der Waals surface area (Å²) >= 11 is 6.35. The van der Waals surface area contributed by atoms with Gasteiger partial charge in [-0.15, -0.1) is 0 Å². The third kappa shape index (κ3) is 4.34. The number of aromatic nitrogens is 2.